The zero-order valence-electron chi connectivity index (χ0n) is 14.9. The first-order valence-corrected chi connectivity index (χ1v) is 8.62. The molecule has 4 rings (SSSR count). The molecule has 3 aromatic rings. The third-order valence-electron chi connectivity index (χ3n) is 4.22. The van der Waals surface area contributed by atoms with E-state index in [-0.39, 0.29) is 6.61 Å². The lowest BCUT2D eigenvalue weighted by Gasteiger charge is -2.36. The van der Waals surface area contributed by atoms with Gasteiger partial charge in [0.15, 0.2) is 11.6 Å². The molecule has 2 aromatic heterocycles. The Bertz CT molecular complexity index is 994. The third-order valence-corrected chi connectivity index (χ3v) is 4.22. The van der Waals surface area contributed by atoms with E-state index in [0.29, 0.717) is 30.4 Å². The van der Waals surface area contributed by atoms with Crippen molar-refractivity contribution in [1.29, 1.82) is 0 Å². The van der Waals surface area contributed by atoms with Crippen molar-refractivity contribution >= 4 is 5.69 Å². The number of ether oxygens (including phenoxy) is 2. The monoisotopic (exact) mass is 409 g/mol. The molecule has 0 spiro atoms. The zero-order chi connectivity index (χ0) is 20.4. The van der Waals surface area contributed by atoms with Crippen molar-refractivity contribution in [2.75, 3.05) is 18.0 Å². The minimum atomic E-state index is -3.14. The Morgan fingerprint density at radius 1 is 1.14 bits per heavy atom. The van der Waals surface area contributed by atoms with Crippen molar-refractivity contribution < 1.29 is 27.0 Å². The van der Waals surface area contributed by atoms with E-state index in [4.69, 9.17) is 4.74 Å². The van der Waals surface area contributed by atoms with Crippen LogP contribution in [0.3, 0.4) is 0 Å². The van der Waals surface area contributed by atoms with Crippen molar-refractivity contribution in [2.24, 2.45) is 0 Å². The van der Waals surface area contributed by atoms with Gasteiger partial charge in [-0.3, -0.25) is 0 Å². The number of anilines is 1. The van der Waals surface area contributed by atoms with Gasteiger partial charge in [0.05, 0.1) is 25.0 Å². The average Bonchev–Trinajstić information content (AvgIpc) is 3.14. The summed E-state index contributed by atoms with van der Waals surface area (Å²) in [5.74, 6) is -1.16. The second-order valence-corrected chi connectivity index (χ2v) is 6.29. The molecular formula is C18H15F4N5O2. The van der Waals surface area contributed by atoms with Gasteiger partial charge in [0.1, 0.15) is 18.5 Å². The Morgan fingerprint density at radius 2 is 1.97 bits per heavy atom. The summed E-state index contributed by atoms with van der Waals surface area (Å²) in [4.78, 5) is 5.97. The van der Waals surface area contributed by atoms with Crippen LogP contribution in [0, 0.1) is 5.82 Å². The molecule has 152 valence electrons. The summed E-state index contributed by atoms with van der Waals surface area (Å²) >= 11 is 0. The fraction of sp³-hybridized carbons (Fsp3) is 0.278. The van der Waals surface area contributed by atoms with Crippen molar-refractivity contribution in [3.63, 3.8) is 0 Å². The van der Waals surface area contributed by atoms with E-state index < -0.39 is 24.3 Å². The largest absolute Gasteiger partial charge is 0.471 e. The van der Waals surface area contributed by atoms with Crippen LogP contribution in [0.1, 0.15) is 5.69 Å². The SMILES string of the molecule is Fc1ccc(-n2cc(COc3cc(N4CC(F)C4)ccn3)nn2)cc1OC(F)F. The summed E-state index contributed by atoms with van der Waals surface area (Å²) in [6.07, 6.45) is 2.25. The number of nitrogens with zero attached hydrogens (tertiary/aromatic N) is 5. The minimum Gasteiger partial charge on any atom is -0.471 e. The summed E-state index contributed by atoms with van der Waals surface area (Å²) in [6.45, 7) is -2.42. The average molecular weight is 409 g/mol. The second kappa shape index (κ2) is 7.94. The van der Waals surface area contributed by atoms with Gasteiger partial charge in [0.2, 0.25) is 5.88 Å². The van der Waals surface area contributed by atoms with Crippen molar-refractivity contribution in [3.8, 4) is 17.3 Å². The number of hydrogen-bond acceptors (Lipinski definition) is 6. The molecule has 11 heteroatoms. The lowest BCUT2D eigenvalue weighted by molar-refractivity contribution is -0.0521. The first kappa shape index (κ1) is 19.0. The molecule has 0 unspecified atom stereocenters. The van der Waals surface area contributed by atoms with Crippen LogP contribution in [0.4, 0.5) is 23.2 Å². The summed E-state index contributed by atoms with van der Waals surface area (Å²) in [6, 6.07) is 6.91. The molecule has 29 heavy (non-hydrogen) atoms. The van der Waals surface area contributed by atoms with Crippen LogP contribution in [0.2, 0.25) is 0 Å². The maximum atomic E-state index is 13.5. The first-order valence-electron chi connectivity index (χ1n) is 8.62. The molecule has 1 aliphatic rings. The van der Waals surface area contributed by atoms with Gasteiger partial charge < -0.3 is 14.4 Å². The highest BCUT2D eigenvalue weighted by molar-refractivity contribution is 5.50. The molecule has 0 saturated carbocycles. The van der Waals surface area contributed by atoms with E-state index in [0.717, 1.165) is 17.8 Å². The number of alkyl halides is 3. The van der Waals surface area contributed by atoms with Crippen LogP contribution in [0.25, 0.3) is 5.69 Å². The van der Waals surface area contributed by atoms with Gasteiger partial charge in [-0.15, -0.1) is 5.10 Å². The molecule has 0 amide bonds. The Morgan fingerprint density at radius 3 is 2.72 bits per heavy atom. The van der Waals surface area contributed by atoms with E-state index in [1.165, 1.54) is 16.9 Å². The van der Waals surface area contributed by atoms with Crippen molar-refractivity contribution in [2.45, 2.75) is 19.4 Å². The smallest absolute Gasteiger partial charge is 0.387 e. The summed E-state index contributed by atoms with van der Waals surface area (Å²) in [7, 11) is 0. The van der Waals surface area contributed by atoms with Crippen LogP contribution in [0.15, 0.2) is 42.7 Å². The summed E-state index contributed by atoms with van der Waals surface area (Å²) in [5, 5.41) is 7.81. The molecule has 0 radical (unpaired) electrons. The van der Waals surface area contributed by atoms with Gasteiger partial charge >= 0.3 is 6.61 Å². The summed E-state index contributed by atoms with van der Waals surface area (Å²) < 4.78 is 62.3. The molecule has 0 aliphatic carbocycles. The lowest BCUT2D eigenvalue weighted by Crippen LogP contribution is -2.48. The molecule has 0 N–H and O–H groups in total. The molecule has 0 atom stereocenters. The fourth-order valence-electron chi connectivity index (χ4n) is 2.77. The Balaban J connectivity index is 1.42. The van der Waals surface area contributed by atoms with Gasteiger partial charge in [0, 0.05) is 24.0 Å². The number of pyridine rings is 1. The Kier molecular flexibility index (Phi) is 5.19. The van der Waals surface area contributed by atoms with E-state index >= 15 is 0 Å². The van der Waals surface area contributed by atoms with E-state index in [9.17, 15) is 17.6 Å². The highest BCUT2D eigenvalue weighted by Crippen LogP contribution is 2.25. The van der Waals surface area contributed by atoms with E-state index in [1.54, 1.807) is 18.3 Å². The topological polar surface area (TPSA) is 65.3 Å². The molecule has 7 nitrogen and oxygen atoms in total. The predicted octanol–water partition coefficient (Wildman–Crippen LogP) is 3.14. The van der Waals surface area contributed by atoms with Crippen LogP contribution in [-0.4, -0.2) is 45.9 Å². The maximum Gasteiger partial charge on any atom is 0.387 e. The molecule has 1 aliphatic heterocycles. The van der Waals surface area contributed by atoms with E-state index in [2.05, 4.69) is 20.0 Å². The van der Waals surface area contributed by atoms with Crippen LogP contribution in [-0.2, 0) is 6.61 Å². The van der Waals surface area contributed by atoms with Crippen molar-refractivity contribution in [3.05, 3.63) is 54.2 Å². The number of halogens is 4. The van der Waals surface area contributed by atoms with Gasteiger partial charge in [-0.1, -0.05) is 5.21 Å². The maximum absolute atomic E-state index is 13.5. The molecule has 3 heterocycles. The van der Waals surface area contributed by atoms with Crippen LogP contribution in [0.5, 0.6) is 11.6 Å². The first-order chi connectivity index (χ1) is 14.0. The third kappa shape index (κ3) is 4.39. The molecule has 1 saturated heterocycles. The van der Waals surface area contributed by atoms with Crippen LogP contribution >= 0.6 is 0 Å². The Hall–Kier alpha value is -3.37. The number of benzene rings is 1. The fourth-order valence-corrected chi connectivity index (χ4v) is 2.77. The highest BCUT2D eigenvalue weighted by Gasteiger charge is 2.26. The molecular weight excluding hydrogens is 394 g/mol. The van der Waals surface area contributed by atoms with E-state index in [1.807, 2.05) is 4.90 Å². The standard InChI is InChI=1S/C18H15F4N5O2/c19-11-7-26(8-11)13-3-4-23-17(6-13)28-10-12-9-27(25-24-12)14-1-2-15(20)16(5-14)29-18(21)22/h1-6,9,11,18H,7-8,10H2. The highest BCUT2D eigenvalue weighted by atomic mass is 19.3. The Labute approximate surface area is 162 Å². The van der Waals surface area contributed by atoms with Crippen molar-refractivity contribution in [1.82, 2.24) is 20.0 Å². The van der Waals surface area contributed by atoms with Gasteiger partial charge in [-0.2, -0.15) is 8.78 Å². The number of rotatable bonds is 7. The van der Waals surface area contributed by atoms with Gasteiger partial charge in [-0.25, -0.2) is 18.4 Å². The predicted molar refractivity (Wildman–Crippen MR) is 93.6 cm³/mol. The minimum absolute atomic E-state index is 0.0454. The molecule has 0 bridgehead atoms. The van der Waals surface area contributed by atoms with Gasteiger partial charge in [-0.05, 0) is 18.2 Å². The number of aromatic nitrogens is 4. The normalized spacial score (nSPS) is 14.2. The summed E-state index contributed by atoms with van der Waals surface area (Å²) in [5.41, 5.74) is 1.54. The quantitative estimate of drug-likeness (QED) is 0.559. The lowest BCUT2D eigenvalue weighted by atomic mass is 10.1. The van der Waals surface area contributed by atoms with Gasteiger partial charge in [0.25, 0.3) is 0 Å². The zero-order valence-corrected chi connectivity index (χ0v) is 14.9. The second-order valence-electron chi connectivity index (χ2n) is 6.29. The molecule has 1 fully saturated rings. The van der Waals surface area contributed by atoms with Crippen LogP contribution < -0.4 is 14.4 Å². The molecule has 1 aromatic carbocycles. The number of hydrogen-bond donors (Lipinski definition) is 0.